The normalized spacial score (nSPS) is 11.6. The van der Waals surface area contributed by atoms with Gasteiger partial charge in [-0.2, -0.15) is 0 Å². The molecule has 34 heavy (non-hydrogen) atoms. The Bertz CT molecular complexity index is 1280. The van der Waals surface area contributed by atoms with Gasteiger partial charge in [-0.3, -0.25) is 19.6 Å². The Morgan fingerprint density at radius 1 is 0.971 bits per heavy atom. The summed E-state index contributed by atoms with van der Waals surface area (Å²) in [5, 5.41) is 3.37. The highest BCUT2D eigenvalue weighted by molar-refractivity contribution is 5.94. The van der Waals surface area contributed by atoms with E-state index in [0.717, 1.165) is 11.3 Å². The summed E-state index contributed by atoms with van der Waals surface area (Å²) in [5.74, 6) is -0.613. The fourth-order valence-corrected chi connectivity index (χ4v) is 3.78. The van der Waals surface area contributed by atoms with E-state index in [9.17, 15) is 9.59 Å². The van der Waals surface area contributed by atoms with Crippen molar-refractivity contribution in [3.63, 3.8) is 0 Å². The van der Waals surface area contributed by atoms with Gasteiger partial charge in [0.25, 0.3) is 0 Å². The highest BCUT2D eigenvalue weighted by Gasteiger charge is 2.24. The molecule has 0 aliphatic heterocycles. The van der Waals surface area contributed by atoms with Gasteiger partial charge >= 0.3 is 0 Å². The molecule has 170 valence electrons. The van der Waals surface area contributed by atoms with Gasteiger partial charge in [0.05, 0.1) is 11.6 Å². The third kappa shape index (κ3) is 5.32. The van der Waals surface area contributed by atoms with Gasteiger partial charge in [0, 0.05) is 53.9 Å². The van der Waals surface area contributed by atoms with Gasteiger partial charge in [0.15, 0.2) is 5.78 Å². The van der Waals surface area contributed by atoms with Crippen LogP contribution < -0.4 is 11.1 Å². The third-order valence-electron chi connectivity index (χ3n) is 5.53. The Morgan fingerprint density at radius 2 is 1.79 bits per heavy atom. The van der Waals surface area contributed by atoms with Crippen molar-refractivity contribution in [2.24, 2.45) is 5.73 Å². The summed E-state index contributed by atoms with van der Waals surface area (Å²) in [7, 11) is 0. The van der Waals surface area contributed by atoms with Crippen LogP contribution in [0.5, 0.6) is 0 Å². The number of anilines is 1. The van der Waals surface area contributed by atoms with Crippen LogP contribution in [0.15, 0.2) is 85.3 Å². The SMILES string of the molecule is CC(=O)c1ccc(-c2ccc(C(C(N)=O)c3cccnc3)c(NCCc3ccccn3)n2)cc1. The third-order valence-corrected chi connectivity index (χ3v) is 5.53. The number of nitrogens with one attached hydrogen (secondary N) is 1. The molecule has 1 aromatic carbocycles. The van der Waals surface area contributed by atoms with Crippen LogP contribution in [0.4, 0.5) is 5.82 Å². The Hall–Kier alpha value is -4.39. The summed E-state index contributed by atoms with van der Waals surface area (Å²) >= 11 is 0. The molecule has 7 heteroatoms. The Kier molecular flexibility index (Phi) is 7.03. The molecule has 3 N–H and O–H groups in total. The quantitative estimate of drug-likeness (QED) is 0.372. The lowest BCUT2D eigenvalue weighted by molar-refractivity contribution is -0.118. The van der Waals surface area contributed by atoms with Gasteiger partial charge < -0.3 is 11.1 Å². The van der Waals surface area contributed by atoms with Crippen molar-refractivity contribution in [1.82, 2.24) is 15.0 Å². The molecule has 0 radical (unpaired) electrons. The van der Waals surface area contributed by atoms with Crippen molar-refractivity contribution in [1.29, 1.82) is 0 Å². The van der Waals surface area contributed by atoms with Gasteiger partial charge in [-0.05, 0) is 36.8 Å². The monoisotopic (exact) mass is 451 g/mol. The average Bonchev–Trinajstić information content (AvgIpc) is 2.86. The number of pyridine rings is 3. The highest BCUT2D eigenvalue weighted by atomic mass is 16.1. The van der Waals surface area contributed by atoms with Gasteiger partial charge in [-0.25, -0.2) is 4.98 Å². The zero-order valence-corrected chi connectivity index (χ0v) is 18.8. The molecule has 0 bridgehead atoms. The molecule has 0 saturated heterocycles. The maximum Gasteiger partial charge on any atom is 0.229 e. The Labute approximate surface area is 198 Å². The fraction of sp³-hybridized carbons (Fsp3) is 0.148. The van der Waals surface area contributed by atoms with E-state index in [-0.39, 0.29) is 5.78 Å². The molecule has 0 saturated carbocycles. The predicted molar refractivity (Wildman–Crippen MR) is 131 cm³/mol. The molecule has 4 aromatic rings. The second kappa shape index (κ2) is 10.5. The number of Topliss-reactive ketones (excluding diaryl/α,β-unsaturated/α-hetero) is 1. The van der Waals surface area contributed by atoms with E-state index in [1.54, 1.807) is 36.8 Å². The molecule has 3 heterocycles. The lowest BCUT2D eigenvalue weighted by Crippen LogP contribution is -2.24. The number of aromatic nitrogens is 3. The first kappa shape index (κ1) is 22.8. The summed E-state index contributed by atoms with van der Waals surface area (Å²) in [6.07, 6.45) is 5.74. The van der Waals surface area contributed by atoms with Crippen LogP contribution in [0, 0.1) is 0 Å². The van der Waals surface area contributed by atoms with Crippen molar-refractivity contribution < 1.29 is 9.59 Å². The maximum atomic E-state index is 12.5. The van der Waals surface area contributed by atoms with Gasteiger partial charge in [0.1, 0.15) is 5.82 Å². The van der Waals surface area contributed by atoms with Crippen LogP contribution in [-0.4, -0.2) is 33.2 Å². The second-order valence-electron chi connectivity index (χ2n) is 7.89. The first-order valence-electron chi connectivity index (χ1n) is 11.0. The minimum Gasteiger partial charge on any atom is -0.369 e. The number of amides is 1. The zero-order chi connectivity index (χ0) is 23.9. The van der Waals surface area contributed by atoms with Crippen LogP contribution >= 0.6 is 0 Å². The molecule has 0 fully saturated rings. The van der Waals surface area contributed by atoms with Crippen LogP contribution in [0.2, 0.25) is 0 Å². The van der Waals surface area contributed by atoms with Crippen molar-refractivity contribution in [2.75, 3.05) is 11.9 Å². The van der Waals surface area contributed by atoms with E-state index >= 15 is 0 Å². The lowest BCUT2D eigenvalue weighted by atomic mass is 9.91. The zero-order valence-electron chi connectivity index (χ0n) is 18.8. The number of ketones is 1. The summed E-state index contributed by atoms with van der Waals surface area (Å²) in [6.45, 7) is 2.11. The minimum atomic E-state index is -0.701. The number of carbonyl (C=O) groups excluding carboxylic acids is 2. The van der Waals surface area contributed by atoms with Crippen LogP contribution in [0.1, 0.15) is 40.0 Å². The van der Waals surface area contributed by atoms with E-state index in [2.05, 4.69) is 15.3 Å². The molecular formula is C27H25N5O2. The number of primary amides is 1. The molecule has 7 nitrogen and oxygen atoms in total. The molecule has 1 atom stereocenters. The Balaban J connectivity index is 1.70. The molecule has 1 amide bonds. The summed E-state index contributed by atoms with van der Waals surface area (Å²) in [6, 6.07) is 20.4. The summed E-state index contributed by atoms with van der Waals surface area (Å²) < 4.78 is 0. The van der Waals surface area contributed by atoms with Gasteiger partial charge in [-0.15, -0.1) is 0 Å². The fourth-order valence-electron chi connectivity index (χ4n) is 3.78. The molecule has 0 spiro atoms. The van der Waals surface area contributed by atoms with Gasteiger partial charge in [0.2, 0.25) is 5.91 Å². The van der Waals surface area contributed by atoms with Crippen LogP contribution in [0.3, 0.4) is 0 Å². The lowest BCUT2D eigenvalue weighted by Gasteiger charge is -2.19. The van der Waals surface area contributed by atoms with Crippen LogP contribution in [0.25, 0.3) is 11.3 Å². The van der Waals surface area contributed by atoms with E-state index < -0.39 is 11.8 Å². The molecule has 4 rings (SSSR count). The van der Waals surface area contributed by atoms with Crippen LogP contribution in [-0.2, 0) is 11.2 Å². The predicted octanol–water partition coefficient (Wildman–Crippen LogP) is 4.01. The van der Waals surface area contributed by atoms with Crippen molar-refractivity contribution in [2.45, 2.75) is 19.3 Å². The van der Waals surface area contributed by atoms with E-state index in [4.69, 9.17) is 10.7 Å². The van der Waals surface area contributed by atoms with Gasteiger partial charge in [-0.1, -0.05) is 42.5 Å². The van der Waals surface area contributed by atoms with Crippen molar-refractivity contribution in [3.8, 4) is 11.3 Å². The number of rotatable bonds is 9. The van der Waals surface area contributed by atoms with E-state index in [1.807, 2.05) is 48.5 Å². The number of benzene rings is 1. The largest absolute Gasteiger partial charge is 0.369 e. The minimum absolute atomic E-state index is 0.00695. The number of hydrogen-bond donors (Lipinski definition) is 2. The Morgan fingerprint density at radius 3 is 2.44 bits per heavy atom. The second-order valence-corrected chi connectivity index (χ2v) is 7.89. The average molecular weight is 452 g/mol. The standard InChI is InChI=1S/C27H25N5O2/c1-18(33)19-7-9-20(10-8-19)24-12-11-23(25(26(28)34)21-5-4-14-29-17-21)27(32-24)31-16-13-22-6-2-3-15-30-22/h2-12,14-15,17,25H,13,16H2,1H3,(H2,28,34)(H,31,32). The number of carbonyl (C=O) groups is 2. The van der Waals surface area contributed by atoms with Crippen molar-refractivity contribution >= 4 is 17.5 Å². The molecule has 1 unspecified atom stereocenters. The highest BCUT2D eigenvalue weighted by Crippen LogP contribution is 2.31. The van der Waals surface area contributed by atoms with Crippen molar-refractivity contribution in [3.05, 3.63) is 108 Å². The summed E-state index contributed by atoms with van der Waals surface area (Å²) in [4.78, 5) is 37.5. The topological polar surface area (TPSA) is 111 Å². The molecule has 0 aliphatic carbocycles. The number of nitrogens with two attached hydrogens (primary N) is 1. The molecule has 0 aliphatic rings. The first-order valence-corrected chi connectivity index (χ1v) is 11.0. The van der Waals surface area contributed by atoms with E-state index in [0.29, 0.717) is 41.2 Å². The summed E-state index contributed by atoms with van der Waals surface area (Å²) in [5.41, 5.74) is 10.4. The smallest absolute Gasteiger partial charge is 0.229 e. The number of nitrogens with zero attached hydrogens (tertiary/aromatic N) is 3. The maximum absolute atomic E-state index is 12.5. The van der Waals surface area contributed by atoms with E-state index in [1.165, 1.54) is 6.92 Å². The number of hydrogen-bond acceptors (Lipinski definition) is 6. The molecule has 3 aromatic heterocycles. The molecular weight excluding hydrogens is 426 g/mol. The first-order chi connectivity index (χ1) is 16.5.